The number of carbonyl (C=O) groups is 2. The third kappa shape index (κ3) is 5.10. The molecule has 0 aromatic carbocycles. The molecule has 2 saturated carbocycles. The fourth-order valence-corrected chi connectivity index (χ4v) is 6.47. The van der Waals surface area contributed by atoms with Crippen LogP contribution in [-0.4, -0.2) is 11.6 Å². The lowest BCUT2D eigenvalue weighted by molar-refractivity contribution is -0.116. The lowest BCUT2D eigenvalue weighted by Crippen LogP contribution is -2.09. The Labute approximate surface area is 196 Å². The summed E-state index contributed by atoms with van der Waals surface area (Å²) in [6.45, 7) is 21.1. The molecule has 0 N–H and O–H groups in total. The molecule has 4 aliphatic rings. The first kappa shape index (κ1) is 24.9. The average Bonchev–Trinajstić information content (AvgIpc) is 3.01. The highest BCUT2D eigenvalue weighted by molar-refractivity contribution is 5.99. The Morgan fingerprint density at radius 1 is 0.656 bits per heavy atom. The summed E-state index contributed by atoms with van der Waals surface area (Å²) in [4.78, 5) is 23.6. The fourth-order valence-electron chi connectivity index (χ4n) is 6.47. The molecule has 2 fully saturated rings. The Hall–Kier alpha value is -1.70. The van der Waals surface area contributed by atoms with E-state index in [1.54, 1.807) is 0 Å². The molecule has 32 heavy (non-hydrogen) atoms. The van der Waals surface area contributed by atoms with Crippen LogP contribution in [-0.2, 0) is 9.59 Å². The molecule has 0 bridgehead atoms. The van der Waals surface area contributed by atoms with Crippen molar-refractivity contribution in [3.8, 4) is 0 Å². The summed E-state index contributed by atoms with van der Waals surface area (Å²) in [6, 6.07) is 0. The third-order valence-corrected chi connectivity index (χ3v) is 9.15. The van der Waals surface area contributed by atoms with Gasteiger partial charge in [0.1, 0.15) is 0 Å². The summed E-state index contributed by atoms with van der Waals surface area (Å²) >= 11 is 0. The quantitative estimate of drug-likeness (QED) is 0.414. The van der Waals surface area contributed by atoms with Crippen LogP contribution in [0.2, 0.25) is 0 Å². The highest BCUT2D eigenvalue weighted by Gasteiger charge is 2.37. The van der Waals surface area contributed by atoms with E-state index < -0.39 is 0 Å². The van der Waals surface area contributed by atoms with E-state index in [2.05, 4.69) is 40.9 Å². The second kappa shape index (κ2) is 10.1. The molecule has 0 aromatic rings. The second-order valence-electron chi connectivity index (χ2n) is 11.4. The minimum absolute atomic E-state index is 0.384. The molecule has 2 unspecified atom stereocenters. The maximum absolute atomic E-state index is 11.8. The molecule has 2 heteroatoms. The minimum atomic E-state index is 0.384. The van der Waals surface area contributed by atoms with E-state index in [-0.39, 0.29) is 0 Å². The number of carbonyl (C=O) groups excluding carboxylic acids is 2. The number of allylic oxidation sites excluding steroid dienone is 6. The largest absolute Gasteiger partial charge is 0.295 e. The third-order valence-electron chi connectivity index (χ3n) is 9.15. The number of ketones is 2. The first-order valence-corrected chi connectivity index (χ1v) is 12.8. The van der Waals surface area contributed by atoms with Crippen LogP contribution < -0.4 is 0 Å². The maximum Gasteiger partial charge on any atom is 0.159 e. The molecule has 4 rings (SSSR count). The predicted octanol–water partition coefficient (Wildman–Crippen LogP) is 7.81. The van der Waals surface area contributed by atoms with Crippen molar-refractivity contribution in [1.82, 2.24) is 0 Å². The van der Waals surface area contributed by atoms with Crippen LogP contribution in [0.4, 0.5) is 0 Å². The average molecular weight is 437 g/mol. The first-order valence-electron chi connectivity index (χ1n) is 12.8. The summed E-state index contributed by atoms with van der Waals surface area (Å²) in [7, 11) is 0. The monoisotopic (exact) mass is 436 g/mol. The Bertz CT molecular complexity index is 795. The van der Waals surface area contributed by atoms with Crippen molar-refractivity contribution in [1.29, 1.82) is 0 Å². The van der Waals surface area contributed by atoms with Crippen LogP contribution >= 0.6 is 0 Å². The molecule has 0 amide bonds. The predicted molar refractivity (Wildman–Crippen MR) is 134 cm³/mol. The summed E-state index contributed by atoms with van der Waals surface area (Å²) in [5, 5.41) is 0. The fraction of sp³-hybridized carbons (Fsp3) is 0.667. The van der Waals surface area contributed by atoms with Gasteiger partial charge in [0, 0.05) is 12.8 Å². The molecule has 2 nitrogen and oxygen atoms in total. The minimum Gasteiger partial charge on any atom is -0.295 e. The van der Waals surface area contributed by atoms with Gasteiger partial charge in [-0.3, -0.25) is 9.59 Å². The molecule has 6 atom stereocenters. The van der Waals surface area contributed by atoms with Gasteiger partial charge in [-0.05, 0) is 113 Å². The Morgan fingerprint density at radius 3 is 1.31 bits per heavy atom. The van der Waals surface area contributed by atoms with Gasteiger partial charge < -0.3 is 0 Å². The van der Waals surface area contributed by atoms with E-state index in [9.17, 15) is 9.59 Å². The van der Waals surface area contributed by atoms with Crippen molar-refractivity contribution in [2.75, 3.05) is 0 Å². The molecule has 0 heterocycles. The molecule has 0 aliphatic heterocycles. The number of Topliss-reactive ketones (excluding diaryl/α,β-unsaturated/α-hetero) is 2. The number of fused-ring (bicyclic) bond motifs is 2. The van der Waals surface area contributed by atoms with Crippen molar-refractivity contribution >= 4 is 11.6 Å². The van der Waals surface area contributed by atoms with Crippen LogP contribution in [0, 0.1) is 35.5 Å². The van der Waals surface area contributed by atoms with Crippen LogP contribution in [0.3, 0.4) is 0 Å². The van der Waals surface area contributed by atoms with Crippen molar-refractivity contribution in [2.24, 2.45) is 35.5 Å². The molecule has 0 aromatic heterocycles. The second-order valence-corrected chi connectivity index (χ2v) is 11.4. The van der Waals surface area contributed by atoms with Gasteiger partial charge in [0.2, 0.25) is 0 Å². The van der Waals surface area contributed by atoms with Gasteiger partial charge in [-0.2, -0.15) is 0 Å². The van der Waals surface area contributed by atoms with Crippen LogP contribution in [0.5, 0.6) is 0 Å². The highest BCUT2D eigenvalue weighted by atomic mass is 16.1. The number of hydrogen-bond donors (Lipinski definition) is 0. The zero-order valence-electron chi connectivity index (χ0n) is 21.4. The van der Waals surface area contributed by atoms with Crippen molar-refractivity contribution in [2.45, 2.75) is 92.9 Å². The van der Waals surface area contributed by atoms with Crippen LogP contribution in [0.15, 0.2) is 46.6 Å². The maximum atomic E-state index is 11.8. The Morgan fingerprint density at radius 2 is 1.00 bits per heavy atom. The smallest absolute Gasteiger partial charge is 0.159 e. The summed E-state index contributed by atoms with van der Waals surface area (Å²) in [6.07, 6.45) is 8.69. The van der Waals surface area contributed by atoms with Gasteiger partial charge in [0.25, 0.3) is 0 Å². The molecule has 0 spiro atoms. The van der Waals surface area contributed by atoms with E-state index in [4.69, 9.17) is 0 Å². The SMILES string of the molecule is C=C(C)[C@H]1CCC(C)[C@@H]2CC(=O)C(C)=C2C1.C=C(C)[C@H]1CCC(C)[C@@H]2CC(=O)C(C)=C2C1. The molecule has 0 saturated heterocycles. The van der Waals surface area contributed by atoms with Gasteiger partial charge in [0.15, 0.2) is 11.6 Å². The van der Waals surface area contributed by atoms with E-state index in [1.165, 1.54) is 48.0 Å². The van der Waals surface area contributed by atoms with E-state index in [0.29, 0.717) is 47.1 Å². The van der Waals surface area contributed by atoms with Gasteiger partial charge in [0.05, 0.1) is 0 Å². The normalized spacial score (nSPS) is 34.9. The zero-order chi connectivity index (χ0) is 23.7. The van der Waals surface area contributed by atoms with E-state index in [1.807, 2.05) is 13.8 Å². The lowest BCUT2D eigenvalue weighted by Gasteiger charge is -2.18. The summed E-state index contributed by atoms with van der Waals surface area (Å²) in [5.41, 5.74) is 7.58. The van der Waals surface area contributed by atoms with Gasteiger partial charge in [-0.1, -0.05) is 49.3 Å². The van der Waals surface area contributed by atoms with Crippen molar-refractivity contribution in [3.63, 3.8) is 0 Å². The Balaban J connectivity index is 0.000000181. The van der Waals surface area contributed by atoms with Gasteiger partial charge in [-0.15, -0.1) is 0 Å². The first-order chi connectivity index (χ1) is 15.0. The number of rotatable bonds is 2. The van der Waals surface area contributed by atoms with Crippen molar-refractivity contribution < 1.29 is 9.59 Å². The molecule has 0 radical (unpaired) electrons. The standard InChI is InChI=1S/2C15H22O/c2*1-9(2)12-6-5-10(3)13-8-15(16)11(4)14(13)7-12/h2*10,12-13H,1,5-8H2,2-4H3/t2*10?,12-,13-/m00/s1. The van der Waals surface area contributed by atoms with E-state index in [0.717, 1.165) is 36.8 Å². The Kier molecular flexibility index (Phi) is 7.84. The van der Waals surface area contributed by atoms with E-state index >= 15 is 0 Å². The molecular weight excluding hydrogens is 392 g/mol. The zero-order valence-corrected chi connectivity index (χ0v) is 21.4. The van der Waals surface area contributed by atoms with Gasteiger partial charge in [-0.25, -0.2) is 0 Å². The van der Waals surface area contributed by atoms with Crippen molar-refractivity contribution in [3.05, 3.63) is 46.6 Å². The highest BCUT2D eigenvalue weighted by Crippen LogP contribution is 2.46. The van der Waals surface area contributed by atoms with Crippen LogP contribution in [0.1, 0.15) is 92.9 Å². The number of hydrogen-bond acceptors (Lipinski definition) is 2. The van der Waals surface area contributed by atoms with Gasteiger partial charge >= 0.3 is 0 Å². The topological polar surface area (TPSA) is 34.1 Å². The summed E-state index contributed by atoms with van der Waals surface area (Å²) in [5.74, 6) is 4.38. The summed E-state index contributed by atoms with van der Waals surface area (Å²) < 4.78 is 0. The molecule has 176 valence electrons. The van der Waals surface area contributed by atoms with Crippen LogP contribution in [0.25, 0.3) is 0 Å². The molecular formula is C30H44O2. The lowest BCUT2D eigenvalue weighted by atomic mass is 9.86. The molecule has 4 aliphatic carbocycles.